The Balaban J connectivity index is 1.20. The van der Waals surface area contributed by atoms with Gasteiger partial charge in [-0.15, -0.1) is 0 Å². The second-order valence-electron chi connectivity index (χ2n) is 12.6. The zero-order chi connectivity index (χ0) is 29.2. The average molecular weight is 564 g/mol. The van der Waals surface area contributed by atoms with E-state index < -0.39 is 0 Å². The second-order valence-corrected chi connectivity index (χ2v) is 12.6. The number of aromatic nitrogens is 1. The lowest BCUT2D eigenvalue weighted by Crippen LogP contribution is -2.38. The summed E-state index contributed by atoms with van der Waals surface area (Å²) in [6, 6.07) is 20.2. The third kappa shape index (κ3) is 5.97. The van der Waals surface area contributed by atoms with Crippen LogP contribution in [0.4, 0.5) is 5.82 Å². The number of nitrogens with zero attached hydrogens (tertiary/aromatic N) is 2. The third-order valence-electron chi connectivity index (χ3n) is 9.54. The monoisotopic (exact) mass is 563 g/mol. The number of allylic oxidation sites excluding steroid dienone is 1. The van der Waals surface area contributed by atoms with Crippen molar-refractivity contribution in [1.82, 2.24) is 9.88 Å². The zero-order valence-electron chi connectivity index (χ0n) is 25.7. The van der Waals surface area contributed by atoms with Gasteiger partial charge in [-0.3, -0.25) is 4.79 Å². The standard InChI is InChI=1S/C37H45N3O2/c1-5-26-22-25(12-17-31(26)27-18-20-40(21-19-27)37(41)29-14-15-29)23-30-16-13-28-8-6-9-32(35(28)30)33-10-7-11-34(38-33)39-36(42-4)24(2)3/h6-12,17,22,27,29-30H,5,13-16,18-21,23H2,1-4H3,(H,38,39)/t30-/m1/s1. The lowest BCUT2D eigenvalue weighted by Gasteiger charge is -2.33. The number of carbonyl (C=O) groups excluding carboxylic acids is 1. The van der Waals surface area contributed by atoms with Gasteiger partial charge < -0.3 is 15.0 Å². The molecule has 2 fully saturated rings. The van der Waals surface area contributed by atoms with Crippen molar-refractivity contribution in [3.8, 4) is 11.3 Å². The number of rotatable bonds is 9. The predicted molar refractivity (Wildman–Crippen MR) is 171 cm³/mol. The van der Waals surface area contributed by atoms with Gasteiger partial charge in [0.05, 0.1) is 12.8 Å². The minimum Gasteiger partial charge on any atom is -0.482 e. The largest absolute Gasteiger partial charge is 0.482 e. The van der Waals surface area contributed by atoms with E-state index in [4.69, 9.17) is 9.72 Å². The number of ether oxygens (including phenoxy) is 1. The first kappa shape index (κ1) is 28.5. The van der Waals surface area contributed by atoms with Crippen LogP contribution in [-0.4, -0.2) is 36.0 Å². The molecule has 0 unspecified atom stereocenters. The summed E-state index contributed by atoms with van der Waals surface area (Å²) in [5.41, 5.74) is 10.7. The topological polar surface area (TPSA) is 54.5 Å². The van der Waals surface area contributed by atoms with Crippen LogP contribution in [0.2, 0.25) is 0 Å². The fraction of sp³-hybridized carbons (Fsp3) is 0.459. The van der Waals surface area contributed by atoms with Crippen molar-refractivity contribution in [3.63, 3.8) is 0 Å². The van der Waals surface area contributed by atoms with Crippen LogP contribution >= 0.6 is 0 Å². The molecule has 220 valence electrons. The maximum Gasteiger partial charge on any atom is 0.225 e. The summed E-state index contributed by atoms with van der Waals surface area (Å²) in [6.45, 7) is 8.17. The van der Waals surface area contributed by atoms with Crippen LogP contribution in [0.3, 0.4) is 0 Å². The van der Waals surface area contributed by atoms with E-state index in [2.05, 4.69) is 65.7 Å². The van der Waals surface area contributed by atoms with E-state index in [-0.39, 0.29) is 0 Å². The molecule has 2 aromatic carbocycles. The minimum atomic E-state index is 0.329. The number of pyridine rings is 1. The molecule has 1 saturated heterocycles. The summed E-state index contributed by atoms with van der Waals surface area (Å²) in [6.07, 6.45) is 8.76. The Bertz CT molecular complexity index is 1480. The number of hydrogen-bond donors (Lipinski definition) is 1. The molecule has 2 heterocycles. The number of carbonyl (C=O) groups is 1. The van der Waals surface area contributed by atoms with E-state index in [1.165, 1.54) is 39.8 Å². The van der Waals surface area contributed by atoms with Gasteiger partial charge in [-0.25, -0.2) is 4.98 Å². The van der Waals surface area contributed by atoms with Crippen LogP contribution in [0.25, 0.3) is 11.3 Å². The van der Waals surface area contributed by atoms with Crippen molar-refractivity contribution in [2.75, 3.05) is 25.5 Å². The molecule has 1 amide bonds. The van der Waals surface area contributed by atoms with E-state index in [9.17, 15) is 4.79 Å². The Kier molecular flexibility index (Phi) is 8.37. The number of benzene rings is 2. The van der Waals surface area contributed by atoms with Crippen LogP contribution in [0.15, 0.2) is 66.1 Å². The molecule has 5 heteroatoms. The first-order valence-corrected chi connectivity index (χ1v) is 15.9. The van der Waals surface area contributed by atoms with Gasteiger partial charge >= 0.3 is 0 Å². The normalized spacial score (nSPS) is 18.5. The van der Waals surface area contributed by atoms with E-state index in [1.807, 2.05) is 19.9 Å². The van der Waals surface area contributed by atoms with Crippen LogP contribution in [0, 0.1) is 5.92 Å². The summed E-state index contributed by atoms with van der Waals surface area (Å²) in [4.78, 5) is 19.7. The number of likely N-dealkylation sites (tertiary alicyclic amines) is 1. The van der Waals surface area contributed by atoms with E-state index in [0.29, 0.717) is 23.7 Å². The molecule has 1 N–H and O–H groups in total. The van der Waals surface area contributed by atoms with Gasteiger partial charge in [-0.1, -0.05) is 49.4 Å². The summed E-state index contributed by atoms with van der Waals surface area (Å²) in [5.74, 6) is 3.31. The Morgan fingerprint density at radius 1 is 1.00 bits per heavy atom. The van der Waals surface area contributed by atoms with Gasteiger partial charge in [0, 0.05) is 24.6 Å². The fourth-order valence-electron chi connectivity index (χ4n) is 7.14. The molecular formula is C37H45N3O2. The molecule has 3 aliphatic rings. The highest BCUT2D eigenvalue weighted by Gasteiger charge is 2.35. The SMILES string of the molecule is CCc1cc(C[C@H]2CCc3cccc(-c4cccc(NC(OC)=C(C)C)n4)c32)ccc1C1CCN(C(=O)C2CC2)CC1. The molecule has 6 rings (SSSR count). The molecule has 0 bridgehead atoms. The van der Waals surface area contributed by atoms with Gasteiger partial charge in [0.25, 0.3) is 0 Å². The highest BCUT2D eigenvalue weighted by Crippen LogP contribution is 2.42. The lowest BCUT2D eigenvalue weighted by atomic mass is 9.83. The molecule has 1 saturated carbocycles. The highest BCUT2D eigenvalue weighted by atomic mass is 16.5. The quantitative estimate of drug-likeness (QED) is 0.268. The Morgan fingerprint density at radius 2 is 1.79 bits per heavy atom. The molecule has 5 nitrogen and oxygen atoms in total. The first-order valence-electron chi connectivity index (χ1n) is 15.9. The van der Waals surface area contributed by atoms with E-state index in [1.54, 1.807) is 7.11 Å². The number of piperidine rings is 1. The van der Waals surface area contributed by atoms with Crippen molar-refractivity contribution in [3.05, 3.63) is 93.9 Å². The summed E-state index contributed by atoms with van der Waals surface area (Å²) < 4.78 is 5.52. The number of methoxy groups -OCH3 is 1. The van der Waals surface area contributed by atoms with Crippen molar-refractivity contribution in [2.24, 2.45) is 5.92 Å². The number of fused-ring (bicyclic) bond motifs is 1. The second kappa shape index (κ2) is 12.3. The van der Waals surface area contributed by atoms with E-state index >= 15 is 0 Å². The van der Waals surface area contributed by atoms with Crippen molar-refractivity contribution < 1.29 is 9.53 Å². The molecular weight excluding hydrogens is 518 g/mol. The third-order valence-corrected chi connectivity index (χ3v) is 9.54. The van der Waals surface area contributed by atoms with Gasteiger partial charge in [-0.2, -0.15) is 0 Å². The minimum absolute atomic E-state index is 0.329. The van der Waals surface area contributed by atoms with Crippen LogP contribution in [0.1, 0.15) is 92.5 Å². The fourth-order valence-corrected chi connectivity index (χ4v) is 7.14. The van der Waals surface area contributed by atoms with Crippen molar-refractivity contribution in [2.45, 2.75) is 84.0 Å². The molecule has 2 aliphatic carbocycles. The molecule has 0 radical (unpaired) electrons. The average Bonchev–Trinajstić information content (AvgIpc) is 3.80. The number of amides is 1. The number of anilines is 1. The Hall–Kier alpha value is -3.60. The number of hydrogen-bond acceptors (Lipinski definition) is 4. The maximum atomic E-state index is 12.5. The van der Waals surface area contributed by atoms with Gasteiger partial charge in [0.2, 0.25) is 5.91 Å². The molecule has 3 aromatic rings. The lowest BCUT2D eigenvalue weighted by molar-refractivity contribution is -0.133. The smallest absolute Gasteiger partial charge is 0.225 e. The summed E-state index contributed by atoms with van der Waals surface area (Å²) in [5, 5.41) is 3.34. The number of aryl methyl sites for hydroxylation is 2. The van der Waals surface area contributed by atoms with Crippen LogP contribution in [-0.2, 0) is 28.8 Å². The Labute approximate surface area is 251 Å². The predicted octanol–water partition coefficient (Wildman–Crippen LogP) is 8.01. The molecule has 42 heavy (non-hydrogen) atoms. The van der Waals surface area contributed by atoms with Gasteiger partial charge in [-0.05, 0) is 123 Å². The van der Waals surface area contributed by atoms with Crippen LogP contribution < -0.4 is 5.32 Å². The maximum absolute atomic E-state index is 12.5. The zero-order valence-corrected chi connectivity index (χ0v) is 25.7. The van der Waals surface area contributed by atoms with Crippen LogP contribution in [0.5, 0.6) is 0 Å². The highest BCUT2D eigenvalue weighted by molar-refractivity contribution is 5.81. The first-order chi connectivity index (χ1) is 20.4. The van der Waals surface area contributed by atoms with Crippen molar-refractivity contribution >= 4 is 11.7 Å². The molecule has 1 aromatic heterocycles. The summed E-state index contributed by atoms with van der Waals surface area (Å²) in [7, 11) is 1.69. The molecule has 1 atom stereocenters. The molecule has 1 aliphatic heterocycles. The van der Waals surface area contributed by atoms with E-state index in [0.717, 1.165) is 81.0 Å². The molecule has 0 spiro atoms. The van der Waals surface area contributed by atoms with Gasteiger partial charge in [0.15, 0.2) is 5.88 Å². The number of nitrogens with one attached hydrogen (secondary N) is 1. The summed E-state index contributed by atoms with van der Waals surface area (Å²) >= 11 is 0. The van der Waals surface area contributed by atoms with Crippen molar-refractivity contribution in [1.29, 1.82) is 0 Å². The Morgan fingerprint density at radius 3 is 2.50 bits per heavy atom. The van der Waals surface area contributed by atoms with Gasteiger partial charge in [0.1, 0.15) is 5.82 Å².